The Balaban J connectivity index is 1.74. The quantitative estimate of drug-likeness (QED) is 0.386. The molecule has 7 heteroatoms. The molecule has 6 nitrogen and oxygen atoms in total. The number of aryl methyl sites for hydroxylation is 2. The molecule has 1 aliphatic heterocycles. The third-order valence-electron chi connectivity index (χ3n) is 5.12. The van der Waals surface area contributed by atoms with Gasteiger partial charge in [-0.05, 0) is 80.2 Å². The van der Waals surface area contributed by atoms with Crippen molar-refractivity contribution in [3.63, 3.8) is 0 Å². The summed E-state index contributed by atoms with van der Waals surface area (Å²) in [5, 5.41) is 2.66. The Morgan fingerprint density at radius 2 is 1.77 bits per heavy atom. The maximum atomic E-state index is 13.3. The Kier molecular flexibility index (Phi) is 5.44. The van der Waals surface area contributed by atoms with Crippen molar-refractivity contribution in [2.45, 2.75) is 13.8 Å². The molecule has 1 N–H and O–H groups in total. The van der Waals surface area contributed by atoms with Crippen LogP contribution in [0, 0.1) is 13.8 Å². The number of ether oxygens (including phenoxy) is 1. The Hall–Kier alpha value is -3.71. The van der Waals surface area contributed by atoms with Crippen LogP contribution in [0.15, 0.2) is 66.4 Å². The predicted molar refractivity (Wildman–Crippen MR) is 124 cm³/mol. The highest BCUT2D eigenvalue weighted by atomic mass is 32.1. The van der Waals surface area contributed by atoms with Crippen LogP contribution in [0.1, 0.15) is 16.8 Å². The van der Waals surface area contributed by atoms with Gasteiger partial charge in [0.05, 0.1) is 12.8 Å². The molecule has 0 unspecified atom stereocenters. The fourth-order valence-electron chi connectivity index (χ4n) is 3.58. The maximum Gasteiger partial charge on any atom is 0.270 e. The van der Waals surface area contributed by atoms with Crippen LogP contribution in [0.25, 0.3) is 11.8 Å². The molecule has 1 aliphatic rings. The number of carbonyl (C=O) groups excluding carboxylic acids is 2. The Morgan fingerprint density at radius 1 is 1.03 bits per heavy atom. The predicted octanol–water partition coefficient (Wildman–Crippen LogP) is 3.93. The highest BCUT2D eigenvalue weighted by molar-refractivity contribution is 7.80. The Bertz CT molecular complexity index is 1230. The summed E-state index contributed by atoms with van der Waals surface area (Å²) in [4.78, 5) is 27.2. The van der Waals surface area contributed by atoms with E-state index in [4.69, 9.17) is 17.0 Å². The van der Waals surface area contributed by atoms with Gasteiger partial charge in [-0.15, -0.1) is 0 Å². The lowest BCUT2D eigenvalue weighted by Crippen LogP contribution is -2.54. The van der Waals surface area contributed by atoms with Crippen LogP contribution < -0.4 is 15.0 Å². The normalized spacial score (nSPS) is 15.4. The number of amides is 2. The van der Waals surface area contributed by atoms with Crippen molar-refractivity contribution in [3.8, 4) is 11.4 Å². The van der Waals surface area contributed by atoms with E-state index in [1.165, 1.54) is 10.5 Å². The molecule has 0 bridgehead atoms. The van der Waals surface area contributed by atoms with Crippen molar-refractivity contribution < 1.29 is 14.3 Å². The second-order valence-corrected chi connectivity index (χ2v) is 7.64. The second kappa shape index (κ2) is 8.20. The van der Waals surface area contributed by atoms with E-state index in [0.717, 1.165) is 11.3 Å². The van der Waals surface area contributed by atoms with Gasteiger partial charge in [-0.2, -0.15) is 0 Å². The molecule has 3 aromatic rings. The smallest absolute Gasteiger partial charge is 0.270 e. The lowest BCUT2D eigenvalue weighted by Gasteiger charge is -2.29. The SMILES string of the molecule is COc1ccc(N2C(=O)/C(=C/c3cccn3-c3ccc(C)cc3C)C(=O)NC2=S)cc1. The number of hydrogen-bond acceptors (Lipinski definition) is 4. The van der Waals surface area contributed by atoms with Crippen LogP contribution in [0.5, 0.6) is 5.75 Å². The molecule has 2 amide bonds. The molecule has 0 saturated carbocycles. The van der Waals surface area contributed by atoms with Gasteiger partial charge in [0, 0.05) is 17.6 Å². The molecule has 0 atom stereocenters. The van der Waals surface area contributed by atoms with Crippen molar-refractivity contribution in [2.24, 2.45) is 0 Å². The minimum absolute atomic E-state index is 0.00846. The van der Waals surface area contributed by atoms with Crippen LogP contribution in [0.4, 0.5) is 5.69 Å². The van der Waals surface area contributed by atoms with Gasteiger partial charge >= 0.3 is 0 Å². The van der Waals surface area contributed by atoms with Crippen molar-refractivity contribution in [3.05, 3.63) is 83.2 Å². The maximum absolute atomic E-state index is 13.3. The van der Waals surface area contributed by atoms with Gasteiger partial charge in [0.1, 0.15) is 11.3 Å². The van der Waals surface area contributed by atoms with Crippen molar-refractivity contribution in [2.75, 3.05) is 12.0 Å². The van der Waals surface area contributed by atoms with Gasteiger partial charge in [0.15, 0.2) is 5.11 Å². The first-order chi connectivity index (χ1) is 14.9. The van der Waals surface area contributed by atoms with Crippen LogP contribution >= 0.6 is 12.2 Å². The largest absolute Gasteiger partial charge is 0.497 e. The fourth-order valence-corrected chi connectivity index (χ4v) is 3.86. The number of anilines is 1. The molecule has 0 aliphatic carbocycles. The number of aromatic nitrogens is 1. The molecular formula is C24H21N3O3S. The number of benzene rings is 2. The zero-order valence-corrected chi connectivity index (χ0v) is 18.2. The lowest BCUT2D eigenvalue weighted by atomic mass is 10.1. The Labute approximate surface area is 185 Å². The van der Waals surface area contributed by atoms with E-state index in [1.54, 1.807) is 37.5 Å². The van der Waals surface area contributed by atoms with E-state index in [0.29, 0.717) is 17.1 Å². The zero-order chi connectivity index (χ0) is 22.1. The number of carbonyl (C=O) groups is 2. The summed E-state index contributed by atoms with van der Waals surface area (Å²) < 4.78 is 7.12. The molecule has 156 valence electrons. The first-order valence-electron chi connectivity index (χ1n) is 9.69. The van der Waals surface area contributed by atoms with Gasteiger partial charge in [0.25, 0.3) is 11.8 Å². The van der Waals surface area contributed by atoms with E-state index in [9.17, 15) is 9.59 Å². The molecule has 31 heavy (non-hydrogen) atoms. The highest BCUT2D eigenvalue weighted by Crippen LogP contribution is 2.25. The number of hydrogen-bond donors (Lipinski definition) is 1. The monoisotopic (exact) mass is 431 g/mol. The number of rotatable bonds is 4. The summed E-state index contributed by atoms with van der Waals surface area (Å²) in [6, 6.07) is 16.8. The molecule has 0 radical (unpaired) electrons. The fraction of sp³-hybridized carbons (Fsp3) is 0.125. The first-order valence-corrected chi connectivity index (χ1v) is 10.1. The first kappa shape index (κ1) is 20.6. The topological polar surface area (TPSA) is 63.6 Å². The summed E-state index contributed by atoms with van der Waals surface area (Å²) in [5.41, 5.74) is 4.51. The standard InChI is InChI=1S/C24H21N3O3S/c1-15-6-11-21(16(2)13-15)26-12-4-5-18(26)14-20-22(28)25-24(31)27(23(20)29)17-7-9-19(30-3)10-8-17/h4-14H,1-3H3,(H,25,28,31)/b20-14+. The summed E-state index contributed by atoms with van der Waals surface area (Å²) >= 11 is 5.27. The molecule has 0 spiro atoms. The van der Waals surface area contributed by atoms with Gasteiger partial charge in [0.2, 0.25) is 0 Å². The number of nitrogens with one attached hydrogen (secondary N) is 1. The van der Waals surface area contributed by atoms with E-state index in [2.05, 4.69) is 11.4 Å². The minimum Gasteiger partial charge on any atom is -0.497 e. The molecule has 4 rings (SSSR count). The highest BCUT2D eigenvalue weighted by Gasteiger charge is 2.34. The molecule has 1 fully saturated rings. The molecule has 1 aromatic heterocycles. The summed E-state index contributed by atoms with van der Waals surface area (Å²) in [5.74, 6) is -0.342. The summed E-state index contributed by atoms with van der Waals surface area (Å²) in [6.07, 6.45) is 3.50. The van der Waals surface area contributed by atoms with Crippen LogP contribution in [0.3, 0.4) is 0 Å². The number of nitrogens with zero attached hydrogens (tertiary/aromatic N) is 2. The molecule has 2 aromatic carbocycles. The summed E-state index contributed by atoms with van der Waals surface area (Å²) in [7, 11) is 1.57. The van der Waals surface area contributed by atoms with Crippen molar-refractivity contribution >= 4 is 40.9 Å². The van der Waals surface area contributed by atoms with Gasteiger partial charge in [-0.3, -0.25) is 19.8 Å². The number of methoxy groups -OCH3 is 1. The average Bonchev–Trinajstić information content (AvgIpc) is 3.19. The van der Waals surface area contributed by atoms with E-state index in [1.807, 2.05) is 48.9 Å². The van der Waals surface area contributed by atoms with Crippen LogP contribution in [0.2, 0.25) is 0 Å². The third-order valence-corrected chi connectivity index (χ3v) is 5.40. The molecule has 2 heterocycles. The number of thiocarbonyl (C=S) groups is 1. The Morgan fingerprint density at radius 3 is 2.45 bits per heavy atom. The van der Waals surface area contributed by atoms with Gasteiger partial charge in [-0.1, -0.05) is 17.7 Å². The van der Waals surface area contributed by atoms with E-state index >= 15 is 0 Å². The van der Waals surface area contributed by atoms with Crippen molar-refractivity contribution in [1.29, 1.82) is 0 Å². The molecular weight excluding hydrogens is 410 g/mol. The summed E-state index contributed by atoms with van der Waals surface area (Å²) in [6.45, 7) is 4.07. The lowest BCUT2D eigenvalue weighted by molar-refractivity contribution is -0.122. The average molecular weight is 432 g/mol. The third kappa shape index (κ3) is 3.87. The van der Waals surface area contributed by atoms with Crippen molar-refractivity contribution in [1.82, 2.24) is 9.88 Å². The van der Waals surface area contributed by atoms with E-state index in [-0.39, 0.29) is 10.7 Å². The minimum atomic E-state index is -0.520. The van der Waals surface area contributed by atoms with Gasteiger partial charge < -0.3 is 9.30 Å². The second-order valence-electron chi connectivity index (χ2n) is 7.25. The molecule has 1 saturated heterocycles. The van der Waals surface area contributed by atoms with E-state index < -0.39 is 11.8 Å². The zero-order valence-electron chi connectivity index (χ0n) is 17.4. The van der Waals surface area contributed by atoms with Gasteiger partial charge in [-0.25, -0.2) is 0 Å². The van der Waals surface area contributed by atoms with Crippen LogP contribution in [-0.4, -0.2) is 28.6 Å². The van der Waals surface area contributed by atoms with Crippen LogP contribution in [-0.2, 0) is 9.59 Å².